The van der Waals surface area contributed by atoms with Gasteiger partial charge in [-0.1, -0.05) is 48.5 Å². The Morgan fingerprint density at radius 3 is 1.86 bits per heavy atom. The van der Waals surface area contributed by atoms with Crippen molar-refractivity contribution < 1.29 is 39.5 Å². The summed E-state index contributed by atoms with van der Waals surface area (Å²) in [6, 6.07) is 21.6. The minimum absolute atomic E-state index is 0.0742. The molecule has 1 saturated heterocycles. The molecule has 3 aliphatic rings. The number of anilines is 2. The first-order valence-electron chi connectivity index (χ1n) is 16.2. The van der Waals surface area contributed by atoms with E-state index in [2.05, 4.69) is 0 Å². The van der Waals surface area contributed by atoms with Gasteiger partial charge in [-0.2, -0.15) is 0 Å². The van der Waals surface area contributed by atoms with Gasteiger partial charge in [-0.15, -0.1) is 34.5 Å². The molecule has 4 N–H and O–H groups in total. The topological polar surface area (TPSA) is 140 Å². The summed E-state index contributed by atoms with van der Waals surface area (Å²) in [6.45, 7) is 0.412. The van der Waals surface area contributed by atoms with Gasteiger partial charge in [-0.3, -0.25) is 9.59 Å². The van der Waals surface area contributed by atoms with E-state index in [0.717, 1.165) is 33.2 Å². The third-order valence-electron chi connectivity index (χ3n) is 9.86. The Balaban J connectivity index is 1.12. The highest BCUT2D eigenvalue weighted by atomic mass is 35.5. The molecular weight excluding hydrogens is 703 g/mol. The third kappa shape index (κ3) is 5.31. The maximum absolute atomic E-state index is 14.2. The molecular formula is C37H32Cl2N2O8S. The fraction of sp³-hybridized carbons (Fsp3) is 0.297. The number of benzene rings is 4. The standard InChI is InChI=1S/C37H32Cl2N2O8S/c38-13-18-15-40(24-11-26(42)20-5-1-3-7-22(20)31(18)24)35(46)29-9-10-30(50-29)36(47)41-16-19(14-39)32-23-8-4-2-6-21(23)28(12-25(32)41)49-37-34(45)33(44)27(43)17-48-37/h1-12,18-19,27,33-34,37,42-45H,13-17H2. The molecule has 13 heteroatoms. The Morgan fingerprint density at radius 2 is 1.28 bits per heavy atom. The molecule has 0 radical (unpaired) electrons. The van der Waals surface area contributed by atoms with Gasteiger partial charge in [0.15, 0.2) is 0 Å². The number of aromatic hydroxyl groups is 1. The molecule has 6 unspecified atom stereocenters. The van der Waals surface area contributed by atoms with E-state index in [9.17, 15) is 30.0 Å². The summed E-state index contributed by atoms with van der Waals surface area (Å²) >= 11 is 14.0. The molecule has 1 fully saturated rings. The Bertz CT molecular complexity index is 2160. The second kappa shape index (κ2) is 13.0. The van der Waals surface area contributed by atoms with Crippen LogP contribution < -0.4 is 14.5 Å². The van der Waals surface area contributed by atoms with Crippen molar-refractivity contribution in [1.29, 1.82) is 0 Å². The first-order valence-corrected chi connectivity index (χ1v) is 18.1. The summed E-state index contributed by atoms with van der Waals surface area (Å²) in [5.41, 5.74) is 2.96. The maximum atomic E-state index is 14.2. The quantitative estimate of drug-likeness (QED) is 0.167. The van der Waals surface area contributed by atoms with Crippen molar-refractivity contribution in [2.24, 2.45) is 0 Å². The minimum Gasteiger partial charge on any atom is -0.507 e. The number of carbonyl (C=O) groups excluding carboxylic acids is 2. The zero-order chi connectivity index (χ0) is 34.8. The zero-order valence-corrected chi connectivity index (χ0v) is 28.7. The number of aliphatic hydroxyl groups is 3. The number of thiophene rings is 1. The van der Waals surface area contributed by atoms with Crippen molar-refractivity contribution >= 4 is 79.3 Å². The van der Waals surface area contributed by atoms with E-state index in [1.807, 2.05) is 48.5 Å². The number of carbonyl (C=O) groups is 2. The second-order valence-corrected chi connectivity index (χ2v) is 14.5. The molecule has 0 saturated carbocycles. The van der Waals surface area contributed by atoms with Crippen molar-refractivity contribution in [3.8, 4) is 11.5 Å². The van der Waals surface area contributed by atoms with E-state index in [-0.39, 0.29) is 41.9 Å². The number of alkyl halides is 2. The van der Waals surface area contributed by atoms with Crippen LogP contribution in [-0.4, -0.2) is 88.3 Å². The maximum Gasteiger partial charge on any atom is 0.268 e. The zero-order valence-electron chi connectivity index (χ0n) is 26.4. The van der Waals surface area contributed by atoms with Gasteiger partial charge in [-0.05, 0) is 34.0 Å². The van der Waals surface area contributed by atoms with Crippen molar-refractivity contribution in [3.63, 3.8) is 0 Å². The van der Waals surface area contributed by atoms with Crippen LogP contribution in [0.25, 0.3) is 21.5 Å². The van der Waals surface area contributed by atoms with Gasteiger partial charge in [-0.25, -0.2) is 0 Å². The number of fused-ring (bicyclic) bond motifs is 6. The predicted molar refractivity (Wildman–Crippen MR) is 193 cm³/mol. The first-order chi connectivity index (χ1) is 24.2. The van der Waals surface area contributed by atoms with Crippen molar-refractivity contribution in [2.45, 2.75) is 36.4 Å². The SMILES string of the molecule is O=C(c1ccc(C(=O)N2CC(CCl)c3c2cc(OC2OCC(O)C(O)C2O)c2ccccc32)s1)N1CC(CCl)c2c1cc(O)c1ccccc21. The predicted octanol–water partition coefficient (Wildman–Crippen LogP) is 5.54. The van der Waals surface area contributed by atoms with Crippen LogP contribution in [0.1, 0.15) is 42.3 Å². The number of amides is 2. The lowest BCUT2D eigenvalue weighted by atomic mass is 9.95. The third-order valence-corrected chi connectivity index (χ3v) is 11.7. The van der Waals surface area contributed by atoms with Crippen LogP contribution in [0.2, 0.25) is 0 Å². The van der Waals surface area contributed by atoms with Crippen LogP contribution >= 0.6 is 34.5 Å². The molecule has 2 amide bonds. The molecule has 0 bridgehead atoms. The molecule has 1 aromatic heterocycles. The normalized spacial score (nSPS) is 24.5. The summed E-state index contributed by atoms with van der Waals surface area (Å²) in [5.74, 6) is 0.00496. The summed E-state index contributed by atoms with van der Waals surface area (Å²) in [7, 11) is 0. The van der Waals surface area contributed by atoms with Gasteiger partial charge in [0.1, 0.15) is 29.8 Å². The van der Waals surface area contributed by atoms with Gasteiger partial charge < -0.3 is 39.7 Å². The summed E-state index contributed by atoms with van der Waals surface area (Å²) in [4.78, 5) is 32.2. The van der Waals surface area contributed by atoms with Crippen molar-refractivity contribution in [2.75, 3.05) is 41.3 Å². The van der Waals surface area contributed by atoms with Crippen LogP contribution in [0, 0.1) is 0 Å². The molecule has 5 aromatic rings. The van der Waals surface area contributed by atoms with Gasteiger partial charge in [0.2, 0.25) is 6.29 Å². The second-order valence-electron chi connectivity index (χ2n) is 12.8. The summed E-state index contributed by atoms with van der Waals surface area (Å²) in [6.07, 6.45) is -5.48. The smallest absolute Gasteiger partial charge is 0.268 e. The molecule has 50 heavy (non-hydrogen) atoms. The molecule has 8 rings (SSSR count). The van der Waals surface area contributed by atoms with E-state index in [1.165, 1.54) is 0 Å². The number of halogens is 2. The molecule has 4 heterocycles. The largest absolute Gasteiger partial charge is 0.507 e. The van der Waals surface area contributed by atoms with Crippen LogP contribution in [-0.2, 0) is 4.74 Å². The molecule has 6 atom stereocenters. The number of nitrogens with zero attached hydrogens (tertiary/aromatic N) is 2. The number of phenolic OH excluding ortho intramolecular Hbond substituents is 1. The van der Waals surface area contributed by atoms with Gasteiger partial charge in [0, 0.05) is 59.6 Å². The fourth-order valence-electron chi connectivity index (χ4n) is 7.42. The number of rotatable bonds is 6. The number of aliphatic hydroxyl groups excluding tert-OH is 3. The average molecular weight is 736 g/mol. The lowest BCUT2D eigenvalue weighted by Gasteiger charge is -2.35. The first kappa shape index (κ1) is 33.2. The van der Waals surface area contributed by atoms with E-state index in [0.29, 0.717) is 56.6 Å². The molecule has 3 aliphatic heterocycles. The van der Waals surface area contributed by atoms with Gasteiger partial charge >= 0.3 is 0 Å². The molecule has 4 aromatic carbocycles. The van der Waals surface area contributed by atoms with Crippen LogP contribution in [0.3, 0.4) is 0 Å². The molecule has 258 valence electrons. The number of hydrogen-bond donors (Lipinski definition) is 4. The van der Waals surface area contributed by atoms with Gasteiger partial charge in [0.25, 0.3) is 11.8 Å². The number of hydrogen-bond acceptors (Lipinski definition) is 9. The van der Waals surface area contributed by atoms with Gasteiger partial charge in [0.05, 0.1) is 27.7 Å². The Kier molecular flexibility index (Phi) is 8.63. The summed E-state index contributed by atoms with van der Waals surface area (Å²) in [5, 5.41) is 44.6. The Hall–Kier alpha value is -3.94. The summed E-state index contributed by atoms with van der Waals surface area (Å²) < 4.78 is 11.6. The monoisotopic (exact) mass is 734 g/mol. The molecule has 0 spiro atoms. The number of phenols is 1. The molecule has 10 nitrogen and oxygen atoms in total. The van der Waals surface area contributed by atoms with Crippen LogP contribution in [0.4, 0.5) is 11.4 Å². The highest BCUT2D eigenvalue weighted by Gasteiger charge is 2.41. The Morgan fingerprint density at radius 1 is 0.760 bits per heavy atom. The van der Waals surface area contributed by atoms with E-state index < -0.39 is 24.6 Å². The fourth-order valence-corrected chi connectivity index (χ4v) is 8.82. The average Bonchev–Trinajstić information content (AvgIpc) is 3.87. The van der Waals surface area contributed by atoms with E-state index >= 15 is 0 Å². The van der Waals surface area contributed by atoms with Crippen molar-refractivity contribution in [3.05, 3.63) is 93.7 Å². The number of ether oxygens (including phenoxy) is 2. The van der Waals surface area contributed by atoms with Crippen LogP contribution in [0.15, 0.2) is 72.8 Å². The lowest BCUT2D eigenvalue weighted by Crippen LogP contribution is -2.54. The molecule has 0 aliphatic carbocycles. The van der Waals surface area contributed by atoms with Crippen LogP contribution in [0.5, 0.6) is 11.5 Å². The van der Waals surface area contributed by atoms with E-state index in [4.69, 9.17) is 32.7 Å². The lowest BCUT2D eigenvalue weighted by molar-refractivity contribution is -0.241. The van der Waals surface area contributed by atoms with Crippen molar-refractivity contribution in [1.82, 2.24) is 0 Å². The minimum atomic E-state index is -1.51. The Labute approximate surface area is 300 Å². The highest BCUT2D eigenvalue weighted by molar-refractivity contribution is 7.16. The van der Waals surface area contributed by atoms with E-state index in [1.54, 1.807) is 34.1 Å². The highest BCUT2D eigenvalue weighted by Crippen LogP contribution is 2.48.